The average Bonchev–Trinajstić information content (AvgIpc) is 2.94. The van der Waals surface area contributed by atoms with E-state index in [0.717, 1.165) is 11.3 Å². The Hall–Kier alpha value is -1.94. The molecule has 0 radical (unpaired) electrons. The Kier molecular flexibility index (Phi) is 2.95. The van der Waals surface area contributed by atoms with Crippen LogP contribution in [0.4, 0.5) is 0 Å². The Morgan fingerprint density at radius 1 is 1.37 bits per heavy atom. The quantitative estimate of drug-likeness (QED) is 0.684. The summed E-state index contributed by atoms with van der Waals surface area (Å²) in [5.41, 5.74) is 2.65. The lowest BCUT2D eigenvalue weighted by atomic mass is 10.1. The summed E-state index contributed by atoms with van der Waals surface area (Å²) in [5, 5.41) is 7.48. The molecule has 0 N–H and O–H groups in total. The average molecular weight is 270 g/mol. The molecule has 0 spiro atoms. The van der Waals surface area contributed by atoms with Gasteiger partial charge in [-0.15, -0.1) is 11.3 Å². The van der Waals surface area contributed by atoms with Crippen LogP contribution in [0.1, 0.15) is 21.7 Å². The summed E-state index contributed by atoms with van der Waals surface area (Å²) in [6, 6.07) is 10.0. The highest BCUT2D eigenvalue weighted by atomic mass is 32.1. The Labute approximate surface area is 115 Å². The van der Waals surface area contributed by atoms with Gasteiger partial charge in [-0.1, -0.05) is 18.2 Å². The van der Waals surface area contributed by atoms with E-state index in [0.29, 0.717) is 12.1 Å². The second kappa shape index (κ2) is 4.63. The van der Waals surface area contributed by atoms with E-state index in [1.54, 1.807) is 16.0 Å². The molecule has 1 aromatic carbocycles. The molecular formula is C15H14N2OS. The van der Waals surface area contributed by atoms with Gasteiger partial charge in [0.05, 0.1) is 5.69 Å². The molecule has 3 aromatic rings. The number of aryl methyl sites for hydroxylation is 2. The molecule has 0 atom stereocenters. The molecule has 0 aliphatic carbocycles. The number of ketones is 1. The minimum absolute atomic E-state index is 0.117. The van der Waals surface area contributed by atoms with Crippen LogP contribution in [-0.2, 0) is 13.5 Å². The number of hydrogen-bond donors (Lipinski definition) is 0. The molecule has 0 fully saturated rings. The largest absolute Gasteiger partial charge is 0.292 e. The van der Waals surface area contributed by atoms with Crippen LogP contribution in [0.3, 0.4) is 0 Å². The van der Waals surface area contributed by atoms with E-state index in [1.165, 1.54) is 10.1 Å². The van der Waals surface area contributed by atoms with Crippen molar-refractivity contribution in [1.82, 2.24) is 9.78 Å². The molecule has 4 heteroatoms. The van der Waals surface area contributed by atoms with E-state index in [1.807, 2.05) is 32.2 Å². The number of carbonyl (C=O) groups is 1. The maximum atomic E-state index is 12.3. The summed E-state index contributed by atoms with van der Waals surface area (Å²) in [5.74, 6) is 0.117. The Bertz CT molecular complexity index is 754. The van der Waals surface area contributed by atoms with E-state index >= 15 is 0 Å². The van der Waals surface area contributed by atoms with E-state index in [-0.39, 0.29) is 5.78 Å². The molecule has 3 nitrogen and oxygen atoms in total. The second-order valence-corrected chi connectivity index (χ2v) is 5.56. The standard InChI is InChI=1S/C15H14N2OS/c1-10-7-13(17(2)16-10)14(18)8-11-9-19-15-6-4-3-5-12(11)15/h3-7,9H,8H2,1-2H3. The lowest BCUT2D eigenvalue weighted by molar-refractivity contribution is 0.0984. The van der Waals surface area contributed by atoms with Crippen LogP contribution < -0.4 is 0 Å². The lowest BCUT2D eigenvalue weighted by Crippen LogP contribution is -2.09. The summed E-state index contributed by atoms with van der Waals surface area (Å²) in [7, 11) is 1.81. The molecule has 0 bridgehead atoms. The number of nitrogens with zero attached hydrogens (tertiary/aromatic N) is 2. The summed E-state index contributed by atoms with van der Waals surface area (Å²) in [6.45, 7) is 1.90. The predicted octanol–water partition coefficient (Wildman–Crippen LogP) is 3.37. The molecule has 0 aliphatic heterocycles. The van der Waals surface area contributed by atoms with Gasteiger partial charge in [0.1, 0.15) is 5.69 Å². The third-order valence-electron chi connectivity index (χ3n) is 3.20. The highest BCUT2D eigenvalue weighted by molar-refractivity contribution is 7.17. The molecule has 0 saturated heterocycles. The molecule has 0 saturated carbocycles. The van der Waals surface area contributed by atoms with Crippen molar-refractivity contribution in [1.29, 1.82) is 0 Å². The van der Waals surface area contributed by atoms with Gasteiger partial charge in [-0.05, 0) is 35.4 Å². The van der Waals surface area contributed by atoms with Crippen LogP contribution in [0, 0.1) is 6.92 Å². The van der Waals surface area contributed by atoms with Crippen LogP contribution in [0.25, 0.3) is 10.1 Å². The van der Waals surface area contributed by atoms with Crippen molar-refractivity contribution in [3.05, 3.63) is 52.7 Å². The molecule has 3 rings (SSSR count). The normalized spacial score (nSPS) is 11.1. The molecule has 2 heterocycles. The van der Waals surface area contributed by atoms with E-state index in [2.05, 4.69) is 22.6 Å². The first-order chi connectivity index (χ1) is 9.15. The Morgan fingerprint density at radius 3 is 2.89 bits per heavy atom. The third-order valence-corrected chi connectivity index (χ3v) is 4.21. The predicted molar refractivity (Wildman–Crippen MR) is 77.8 cm³/mol. The van der Waals surface area contributed by atoms with Crippen molar-refractivity contribution in [2.75, 3.05) is 0 Å². The molecule has 0 unspecified atom stereocenters. The zero-order chi connectivity index (χ0) is 13.4. The fourth-order valence-electron chi connectivity index (χ4n) is 2.30. The second-order valence-electron chi connectivity index (χ2n) is 4.65. The molecule has 2 aromatic heterocycles. The number of carbonyl (C=O) groups excluding carboxylic acids is 1. The first kappa shape index (κ1) is 12.1. The molecule has 19 heavy (non-hydrogen) atoms. The number of thiophene rings is 1. The lowest BCUT2D eigenvalue weighted by Gasteiger charge is -2.00. The van der Waals surface area contributed by atoms with Gasteiger partial charge < -0.3 is 0 Å². The van der Waals surface area contributed by atoms with Crippen molar-refractivity contribution >= 4 is 27.2 Å². The van der Waals surface area contributed by atoms with Crippen molar-refractivity contribution in [2.45, 2.75) is 13.3 Å². The maximum Gasteiger partial charge on any atom is 0.185 e. The maximum absolute atomic E-state index is 12.3. The molecular weight excluding hydrogens is 256 g/mol. The van der Waals surface area contributed by atoms with Gasteiger partial charge in [0.15, 0.2) is 5.78 Å². The van der Waals surface area contributed by atoms with Crippen LogP contribution in [0.15, 0.2) is 35.7 Å². The minimum Gasteiger partial charge on any atom is -0.292 e. The number of benzene rings is 1. The highest BCUT2D eigenvalue weighted by Crippen LogP contribution is 2.26. The summed E-state index contributed by atoms with van der Waals surface area (Å²) in [4.78, 5) is 12.3. The first-order valence-corrected chi connectivity index (χ1v) is 7.02. The van der Waals surface area contributed by atoms with E-state index in [4.69, 9.17) is 0 Å². The number of Topliss-reactive ketones (excluding diaryl/α,β-unsaturated/α-hetero) is 1. The van der Waals surface area contributed by atoms with Gasteiger partial charge in [-0.2, -0.15) is 5.10 Å². The van der Waals surface area contributed by atoms with Crippen molar-refractivity contribution in [2.24, 2.45) is 7.05 Å². The fraction of sp³-hybridized carbons (Fsp3) is 0.200. The molecule has 96 valence electrons. The summed E-state index contributed by atoms with van der Waals surface area (Å²) >= 11 is 1.69. The van der Waals surface area contributed by atoms with Gasteiger partial charge in [0.2, 0.25) is 0 Å². The summed E-state index contributed by atoms with van der Waals surface area (Å²) in [6.07, 6.45) is 0.434. The molecule has 0 amide bonds. The fourth-order valence-corrected chi connectivity index (χ4v) is 3.27. The van der Waals surface area contributed by atoms with Gasteiger partial charge >= 0.3 is 0 Å². The smallest absolute Gasteiger partial charge is 0.185 e. The number of rotatable bonds is 3. The Balaban J connectivity index is 1.93. The first-order valence-electron chi connectivity index (χ1n) is 6.14. The van der Waals surface area contributed by atoms with Gasteiger partial charge in [-0.3, -0.25) is 9.48 Å². The van der Waals surface area contributed by atoms with E-state index < -0.39 is 0 Å². The third kappa shape index (κ3) is 2.19. The topological polar surface area (TPSA) is 34.9 Å². The monoisotopic (exact) mass is 270 g/mol. The molecule has 0 aliphatic rings. The minimum atomic E-state index is 0.117. The van der Waals surface area contributed by atoms with Gasteiger partial charge in [0, 0.05) is 18.2 Å². The number of aromatic nitrogens is 2. The Morgan fingerprint density at radius 2 is 2.16 bits per heavy atom. The van der Waals surface area contributed by atoms with E-state index in [9.17, 15) is 4.79 Å². The van der Waals surface area contributed by atoms with Crippen LogP contribution >= 0.6 is 11.3 Å². The van der Waals surface area contributed by atoms with Crippen molar-refractivity contribution in [3.8, 4) is 0 Å². The van der Waals surface area contributed by atoms with Gasteiger partial charge in [-0.25, -0.2) is 0 Å². The zero-order valence-electron chi connectivity index (χ0n) is 10.9. The van der Waals surface area contributed by atoms with Crippen molar-refractivity contribution in [3.63, 3.8) is 0 Å². The van der Waals surface area contributed by atoms with Crippen LogP contribution in [0.2, 0.25) is 0 Å². The van der Waals surface area contributed by atoms with Crippen LogP contribution in [-0.4, -0.2) is 15.6 Å². The van der Waals surface area contributed by atoms with Crippen molar-refractivity contribution < 1.29 is 4.79 Å². The SMILES string of the molecule is Cc1cc(C(=O)Cc2csc3ccccc23)n(C)n1. The number of fused-ring (bicyclic) bond motifs is 1. The highest BCUT2D eigenvalue weighted by Gasteiger charge is 2.14. The zero-order valence-corrected chi connectivity index (χ0v) is 11.7. The van der Waals surface area contributed by atoms with Gasteiger partial charge in [0.25, 0.3) is 0 Å². The summed E-state index contributed by atoms with van der Waals surface area (Å²) < 4.78 is 2.89. The van der Waals surface area contributed by atoms with Crippen LogP contribution in [0.5, 0.6) is 0 Å². The number of hydrogen-bond acceptors (Lipinski definition) is 3.